The minimum absolute atomic E-state index is 0.152. The molecule has 1 aromatic carbocycles. The second-order valence-electron chi connectivity index (χ2n) is 4.72. The number of nitrogens with zero attached hydrogens (tertiary/aromatic N) is 1. The highest BCUT2D eigenvalue weighted by Gasteiger charge is 2.11. The normalized spacial score (nSPS) is 11.9. The van der Waals surface area contributed by atoms with Gasteiger partial charge in [0.15, 0.2) is 0 Å². The predicted octanol–water partition coefficient (Wildman–Crippen LogP) is 2.51. The molecule has 0 aliphatic heterocycles. The molecule has 0 bridgehead atoms. The summed E-state index contributed by atoms with van der Waals surface area (Å²) in [6.45, 7) is 4.09. The van der Waals surface area contributed by atoms with Crippen molar-refractivity contribution in [2.75, 3.05) is 0 Å². The van der Waals surface area contributed by atoms with Gasteiger partial charge < -0.3 is 5.73 Å². The van der Waals surface area contributed by atoms with Gasteiger partial charge in [-0.1, -0.05) is 18.2 Å². The number of aromatic nitrogens is 1. The van der Waals surface area contributed by atoms with Gasteiger partial charge in [0.25, 0.3) is 0 Å². The number of hydrogen-bond acceptors (Lipinski definition) is 2. The summed E-state index contributed by atoms with van der Waals surface area (Å²) in [6, 6.07) is 8.44. The van der Waals surface area contributed by atoms with E-state index in [-0.39, 0.29) is 5.54 Å². The Morgan fingerprint density at radius 1 is 1.20 bits per heavy atom. The van der Waals surface area contributed by atoms with E-state index >= 15 is 0 Å². The fourth-order valence-electron chi connectivity index (χ4n) is 1.77. The number of pyridine rings is 1. The van der Waals surface area contributed by atoms with Crippen LogP contribution in [0, 0.1) is 0 Å². The molecule has 1 aromatic heterocycles. The third-order valence-corrected chi connectivity index (χ3v) is 2.36. The highest BCUT2D eigenvalue weighted by atomic mass is 14.7. The molecule has 0 saturated carbocycles. The fraction of sp³-hybridized carbons (Fsp3) is 0.308. The van der Waals surface area contributed by atoms with Gasteiger partial charge >= 0.3 is 0 Å². The van der Waals surface area contributed by atoms with Gasteiger partial charge in [0.2, 0.25) is 0 Å². The van der Waals surface area contributed by atoms with E-state index in [1.165, 1.54) is 16.3 Å². The molecule has 0 aliphatic rings. The average molecular weight is 200 g/mol. The van der Waals surface area contributed by atoms with Gasteiger partial charge in [-0.2, -0.15) is 0 Å². The molecule has 0 spiro atoms. The fourth-order valence-corrected chi connectivity index (χ4v) is 1.77. The Bertz CT molecular complexity index is 469. The Hall–Kier alpha value is -1.41. The van der Waals surface area contributed by atoms with Crippen LogP contribution in [0.4, 0.5) is 0 Å². The molecule has 0 amide bonds. The Morgan fingerprint density at radius 2 is 2.00 bits per heavy atom. The first kappa shape index (κ1) is 10.1. The van der Waals surface area contributed by atoms with Crippen LogP contribution in [-0.4, -0.2) is 10.5 Å². The number of benzene rings is 1. The first-order valence-electron chi connectivity index (χ1n) is 5.16. The van der Waals surface area contributed by atoms with Gasteiger partial charge in [-0.3, -0.25) is 4.98 Å². The molecule has 2 nitrogen and oxygen atoms in total. The molecule has 2 heteroatoms. The van der Waals surface area contributed by atoms with Crippen LogP contribution < -0.4 is 5.73 Å². The van der Waals surface area contributed by atoms with Crippen LogP contribution in [-0.2, 0) is 6.42 Å². The summed E-state index contributed by atoms with van der Waals surface area (Å²) in [5.41, 5.74) is 7.13. The maximum Gasteiger partial charge on any atom is 0.0346 e. The molecule has 0 saturated heterocycles. The Kier molecular flexibility index (Phi) is 2.45. The van der Waals surface area contributed by atoms with E-state index in [2.05, 4.69) is 23.2 Å². The van der Waals surface area contributed by atoms with Gasteiger partial charge in [-0.25, -0.2) is 0 Å². The summed E-state index contributed by atoms with van der Waals surface area (Å²) in [4.78, 5) is 4.09. The molecule has 2 aromatic rings. The number of rotatable bonds is 2. The molecular weight excluding hydrogens is 184 g/mol. The molecule has 0 aliphatic carbocycles. The predicted molar refractivity (Wildman–Crippen MR) is 63.7 cm³/mol. The van der Waals surface area contributed by atoms with Crippen LogP contribution in [0.15, 0.2) is 36.7 Å². The zero-order valence-corrected chi connectivity index (χ0v) is 9.20. The van der Waals surface area contributed by atoms with Crippen LogP contribution in [0.25, 0.3) is 10.8 Å². The van der Waals surface area contributed by atoms with Gasteiger partial charge in [0.05, 0.1) is 0 Å². The minimum Gasteiger partial charge on any atom is -0.325 e. The highest BCUT2D eigenvalue weighted by Crippen LogP contribution is 2.17. The lowest BCUT2D eigenvalue weighted by molar-refractivity contribution is 0.517. The van der Waals surface area contributed by atoms with E-state index in [4.69, 9.17) is 5.73 Å². The van der Waals surface area contributed by atoms with Crippen molar-refractivity contribution in [1.29, 1.82) is 0 Å². The summed E-state index contributed by atoms with van der Waals surface area (Å²) in [5, 5.41) is 2.41. The van der Waals surface area contributed by atoms with Gasteiger partial charge in [0.1, 0.15) is 0 Å². The number of fused-ring (bicyclic) bond motifs is 1. The van der Waals surface area contributed by atoms with Crippen LogP contribution in [0.2, 0.25) is 0 Å². The third-order valence-electron chi connectivity index (χ3n) is 2.36. The number of hydrogen-bond donors (Lipinski definition) is 1. The maximum atomic E-state index is 6.00. The zero-order valence-electron chi connectivity index (χ0n) is 9.20. The van der Waals surface area contributed by atoms with Crippen molar-refractivity contribution in [3.8, 4) is 0 Å². The maximum absolute atomic E-state index is 6.00. The lowest BCUT2D eigenvalue weighted by Gasteiger charge is -2.18. The number of nitrogens with two attached hydrogens (primary N) is 1. The Balaban J connectivity index is 2.39. The molecule has 15 heavy (non-hydrogen) atoms. The quantitative estimate of drug-likeness (QED) is 0.809. The van der Waals surface area contributed by atoms with Crippen molar-refractivity contribution in [1.82, 2.24) is 4.98 Å². The second-order valence-corrected chi connectivity index (χ2v) is 4.72. The van der Waals surface area contributed by atoms with E-state index in [0.29, 0.717) is 0 Å². The monoisotopic (exact) mass is 200 g/mol. The largest absolute Gasteiger partial charge is 0.325 e. The summed E-state index contributed by atoms with van der Waals surface area (Å²) in [5.74, 6) is 0. The van der Waals surface area contributed by atoms with E-state index in [1.54, 1.807) is 0 Å². The minimum atomic E-state index is -0.152. The highest BCUT2D eigenvalue weighted by molar-refractivity contribution is 5.82. The molecule has 78 valence electrons. The van der Waals surface area contributed by atoms with Crippen molar-refractivity contribution in [2.24, 2.45) is 5.73 Å². The third kappa shape index (κ3) is 2.54. The van der Waals surface area contributed by atoms with Crippen molar-refractivity contribution < 1.29 is 0 Å². The first-order chi connectivity index (χ1) is 7.04. The van der Waals surface area contributed by atoms with Gasteiger partial charge in [0, 0.05) is 23.3 Å². The second kappa shape index (κ2) is 3.63. The van der Waals surface area contributed by atoms with Crippen LogP contribution in [0.3, 0.4) is 0 Å². The Morgan fingerprint density at radius 3 is 2.73 bits per heavy atom. The summed E-state index contributed by atoms with van der Waals surface area (Å²) < 4.78 is 0. The molecule has 1 heterocycles. The van der Waals surface area contributed by atoms with Crippen molar-refractivity contribution >= 4 is 10.8 Å². The van der Waals surface area contributed by atoms with Crippen LogP contribution in [0.5, 0.6) is 0 Å². The Labute approximate surface area is 90.1 Å². The van der Waals surface area contributed by atoms with Crippen LogP contribution >= 0.6 is 0 Å². The standard InChI is InChI=1S/C13H16N2/c1-13(2,14)8-10-3-4-12-9-15-6-5-11(12)7-10/h3-7,9H,8,14H2,1-2H3. The summed E-state index contributed by atoms with van der Waals surface area (Å²) in [6.07, 6.45) is 4.59. The molecule has 0 unspecified atom stereocenters. The lowest BCUT2D eigenvalue weighted by atomic mass is 9.95. The smallest absolute Gasteiger partial charge is 0.0346 e. The molecular formula is C13H16N2. The first-order valence-corrected chi connectivity index (χ1v) is 5.16. The van der Waals surface area contributed by atoms with Crippen LogP contribution in [0.1, 0.15) is 19.4 Å². The lowest BCUT2D eigenvalue weighted by Crippen LogP contribution is -2.34. The molecule has 2 rings (SSSR count). The topological polar surface area (TPSA) is 38.9 Å². The van der Waals surface area contributed by atoms with Gasteiger partial charge in [-0.05, 0) is 37.3 Å². The molecule has 0 radical (unpaired) electrons. The molecule has 2 N–H and O–H groups in total. The summed E-state index contributed by atoms with van der Waals surface area (Å²) in [7, 11) is 0. The SMILES string of the molecule is CC(C)(N)Cc1ccc2cnccc2c1. The van der Waals surface area contributed by atoms with Crippen molar-refractivity contribution in [3.05, 3.63) is 42.2 Å². The van der Waals surface area contributed by atoms with Gasteiger partial charge in [-0.15, -0.1) is 0 Å². The van der Waals surface area contributed by atoms with E-state index in [9.17, 15) is 0 Å². The van der Waals surface area contributed by atoms with E-state index in [0.717, 1.165) is 6.42 Å². The zero-order chi connectivity index (χ0) is 10.9. The van der Waals surface area contributed by atoms with Crippen molar-refractivity contribution in [3.63, 3.8) is 0 Å². The average Bonchev–Trinajstić information content (AvgIpc) is 2.15. The van der Waals surface area contributed by atoms with E-state index < -0.39 is 0 Å². The van der Waals surface area contributed by atoms with Crippen molar-refractivity contribution in [2.45, 2.75) is 25.8 Å². The molecule has 0 fully saturated rings. The molecule has 0 atom stereocenters. The van der Waals surface area contributed by atoms with E-state index in [1.807, 2.05) is 32.3 Å². The summed E-state index contributed by atoms with van der Waals surface area (Å²) >= 11 is 0.